The Balaban J connectivity index is 2.80. The number of nitrogens with zero attached hydrogens (tertiary/aromatic N) is 4. The molecule has 1 aromatic rings. The van der Waals surface area contributed by atoms with Gasteiger partial charge in [0, 0.05) is 11.8 Å². The maximum absolute atomic E-state index is 10.4. The lowest BCUT2D eigenvalue weighted by molar-refractivity contribution is 0.250. The van der Waals surface area contributed by atoms with E-state index >= 15 is 0 Å². The number of rotatable bonds is 3. The summed E-state index contributed by atoms with van der Waals surface area (Å²) in [7, 11) is 0. The monoisotopic (exact) mass is 226 g/mol. The normalized spacial score (nSPS) is 9.00. The van der Waals surface area contributed by atoms with Gasteiger partial charge in [-0.1, -0.05) is 0 Å². The maximum atomic E-state index is 10.4. The molecule has 0 saturated heterocycles. The predicted molar refractivity (Wildman–Crippen MR) is 52.1 cm³/mol. The number of hydrazine groups is 1. The Hall–Kier alpha value is -2.28. The molecular formula is C5H6N8OS. The minimum atomic E-state index is -0.802. The average Bonchev–Trinajstić information content (AvgIpc) is 2.14. The highest BCUT2D eigenvalue weighted by Crippen LogP contribution is 2.12. The number of nitriles is 1. The SMILES string of the molecule is N#CSc1nc(N)nc(NNC(N)=O)n1. The number of hydrogen-bond acceptors (Lipinski definition) is 8. The standard InChI is InChI=1S/C5H6N8OS/c6-1-15-5-10-2(7)9-4(11-5)13-12-3(8)14/h(H3,8,12,14)(H3,7,9,10,11,13). The van der Waals surface area contributed by atoms with Gasteiger partial charge in [0.25, 0.3) is 0 Å². The van der Waals surface area contributed by atoms with Crippen molar-refractivity contribution in [2.24, 2.45) is 5.73 Å². The third-order valence-electron chi connectivity index (χ3n) is 1.07. The first-order chi connectivity index (χ1) is 7.11. The largest absolute Gasteiger partial charge is 0.368 e. The number of anilines is 2. The molecule has 0 aliphatic heterocycles. The maximum Gasteiger partial charge on any atom is 0.330 e. The molecule has 0 aliphatic rings. The quantitative estimate of drug-likeness (QED) is 0.291. The van der Waals surface area contributed by atoms with Crippen molar-refractivity contribution in [2.75, 3.05) is 11.2 Å². The molecule has 9 nitrogen and oxygen atoms in total. The first kappa shape index (κ1) is 10.8. The van der Waals surface area contributed by atoms with Crippen LogP contribution in [0.1, 0.15) is 0 Å². The van der Waals surface area contributed by atoms with E-state index in [-0.39, 0.29) is 17.1 Å². The Labute approximate surface area is 88.2 Å². The van der Waals surface area contributed by atoms with Gasteiger partial charge in [-0.3, -0.25) is 5.43 Å². The Kier molecular flexibility index (Phi) is 3.47. The molecule has 1 aromatic heterocycles. The molecule has 1 heterocycles. The van der Waals surface area contributed by atoms with Crippen molar-refractivity contribution >= 4 is 29.7 Å². The number of thiocyanates is 1. The fourth-order valence-electron chi connectivity index (χ4n) is 0.632. The van der Waals surface area contributed by atoms with Crippen molar-refractivity contribution in [3.05, 3.63) is 0 Å². The molecule has 0 bridgehead atoms. The molecule has 0 aliphatic carbocycles. The first-order valence-corrected chi connectivity index (χ1v) is 4.32. The molecule has 0 saturated carbocycles. The summed E-state index contributed by atoms with van der Waals surface area (Å²) in [6, 6.07) is -0.802. The Morgan fingerprint density at radius 1 is 1.47 bits per heavy atom. The Morgan fingerprint density at radius 3 is 2.80 bits per heavy atom. The lowest BCUT2D eigenvalue weighted by Crippen LogP contribution is -2.35. The van der Waals surface area contributed by atoms with Crippen LogP contribution in [-0.4, -0.2) is 21.0 Å². The van der Waals surface area contributed by atoms with Gasteiger partial charge in [-0.25, -0.2) is 10.2 Å². The number of hydrogen-bond donors (Lipinski definition) is 4. The van der Waals surface area contributed by atoms with E-state index in [1.807, 2.05) is 5.43 Å². The third kappa shape index (κ3) is 3.53. The third-order valence-corrected chi connectivity index (χ3v) is 1.52. The van der Waals surface area contributed by atoms with Gasteiger partial charge in [0.1, 0.15) is 5.40 Å². The molecule has 15 heavy (non-hydrogen) atoms. The summed E-state index contributed by atoms with van der Waals surface area (Å²) in [5, 5.41) is 10.3. The number of nitrogens with two attached hydrogens (primary N) is 2. The van der Waals surface area contributed by atoms with Crippen LogP contribution in [-0.2, 0) is 0 Å². The molecule has 10 heteroatoms. The smallest absolute Gasteiger partial charge is 0.330 e. The first-order valence-electron chi connectivity index (χ1n) is 3.50. The highest BCUT2D eigenvalue weighted by atomic mass is 32.2. The zero-order valence-electron chi connectivity index (χ0n) is 7.26. The van der Waals surface area contributed by atoms with Crippen LogP contribution in [0.4, 0.5) is 16.7 Å². The summed E-state index contributed by atoms with van der Waals surface area (Å²) >= 11 is 0.717. The number of carbonyl (C=O) groups excluding carboxylic acids is 1. The topological polar surface area (TPSA) is 156 Å². The van der Waals surface area contributed by atoms with Crippen LogP contribution in [0.5, 0.6) is 0 Å². The zero-order valence-corrected chi connectivity index (χ0v) is 8.08. The molecule has 0 aromatic carbocycles. The molecular weight excluding hydrogens is 220 g/mol. The van der Waals surface area contributed by atoms with Gasteiger partial charge in [0.2, 0.25) is 17.1 Å². The number of aromatic nitrogens is 3. The van der Waals surface area contributed by atoms with E-state index in [0.717, 1.165) is 11.8 Å². The van der Waals surface area contributed by atoms with E-state index in [1.54, 1.807) is 5.40 Å². The number of thioether (sulfide) groups is 1. The minimum absolute atomic E-state index is 0.000880. The van der Waals surface area contributed by atoms with Crippen LogP contribution in [0.3, 0.4) is 0 Å². The van der Waals surface area contributed by atoms with Crippen LogP contribution >= 0.6 is 11.8 Å². The van der Waals surface area contributed by atoms with Crippen molar-refractivity contribution in [3.63, 3.8) is 0 Å². The van der Waals surface area contributed by atoms with E-state index in [9.17, 15) is 4.79 Å². The minimum Gasteiger partial charge on any atom is -0.368 e. The summed E-state index contributed by atoms with van der Waals surface area (Å²) in [6.45, 7) is 0. The second-order valence-electron chi connectivity index (χ2n) is 2.11. The van der Waals surface area contributed by atoms with Gasteiger partial charge < -0.3 is 11.5 Å². The zero-order chi connectivity index (χ0) is 11.3. The summed E-state index contributed by atoms with van der Waals surface area (Å²) in [5.74, 6) is -0.0735. The number of carbonyl (C=O) groups is 1. The Morgan fingerprint density at radius 2 is 2.20 bits per heavy atom. The molecule has 0 fully saturated rings. The molecule has 0 atom stereocenters. The van der Waals surface area contributed by atoms with Crippen LogP contribution in [0.25, 0.3) is 0 Å². The number of urea groups is 1. The van der Waals surface area contributed by atoms with Gasteiger partial charge in [0.05, 0.1) is 0 Å². The Bertz CT molecular complexity index is 414. The summed E-state index contributed by atoms with van der Waals surface area (Å²) in [6.07, 6.45) is 0. The van der Waals surface area contributed by atoms with Crippen LogP contribution in [0.15, 0.2) is 5.16 Å². The predicted octanol–water partition coefficient (Wildman–Crippen LogP) is -0.978. The van der Waals surface area contributed by atoms with Gasteiger partial charge in [-0.2, -0.15) is 20.2 Å². The van der Waals surface area contributed by atoms with E-state index in [1.165, 1.54) is 0 Å². The van der Waals surface area contributed by atoms with Crippen LogP contribution in [0, 0.1) is 10.7 Å². The van der Waals surface area contributed by atoms with Gasteiger partial charge in [-0.15, -0.1) is 0 Å². The molecule has 0 spiro atoms. The van der Waals surface area contributed by atoms with E-state index in [2.05, 4.69) is 20.4 Å². The lowest BCUT2D eigenvalue weighted by Gasteiger charge is -2.04. The molecule has 6 N–H and O–H groups in total. The molecule has 0 radical (unpaired) electrons. The van der Waals surface area contributed by atoms with Gasteiger partial charge in [0.15, 0.2) is 0 Å². The second-order valence-corrected chi connectivity index (χ2v) is 2.86. The van der Waals surface area contributed by atoms with E-state index in [4.69, 9.17) is 16.7 Å². The van der Waals surface area contributed by atoms with Crippen molar-refractivity contribution in [1.82, 2.24) is 20.4 Å². The number of amides is 2. The summed E-state index contributed by atoms with van der Waals surface area (Å²) < 4.78 is 0. The van der Waals surface area contributed by atoms with Gasteiger partial charge in [-0.05, 0) is 0 Å². The van der Waals surface area contributed by atoms with Crippen molar-refractivity contribution in [1.29, 1.82) is 5.26 Å². The van der Waals surface area contributed by atoms with Crippen LogP contribution < -0.4 is 22.3 Å². The van der Waals surface area contributed by atoms with Crippen molar-refractivity contribution in [2.45, 2.75) is 5.16 Å². The van der Waals surface area contributed by atoms with Gasteiger partial charge >= 0.3 is 6.03 Å². The van der Waals surface area contributed by atoms with E-state index in [0.29, 0.717) is 0 Å². The average molecular weight is 226 g/mol. The molecule has 78 valence electrons. The lowest BCUT2D eigenvalue weighted by atomic mass is 10.9. The highest BCUT2D eigenvalue weighted by molar-refractivity contribution is 8.03. The summed E-state index contributed by atoms with van der Waals surface area (Å²) in [5.41, 5.74) is 14.5. The molecule has 1 rings (SSSR count). The van der Waals surface area contributed by atoms with Crippen molar-refractivity contribution < 1.29 is 4.79 Å². The second kappa shape index (κ2) is 4.82. The number of nitrogen functional groups attached to an aromatic ring is 1. The van der Waals surface area contributed by atoms with E-state index < -0.39 is 6.03 Å². The van der Waals surface area contributed by atoms with Crippen LogP contribution in [0.2, 0.25) is 0 Å². The molecule has 2 amide bonds. The van der Waals surface area contributed by atoms with Crippen molar-refractivity contribution in [3.8, 4) is 5.40 Å². The highest BCUT2D eigenvalue weighted by Gasteiger charge is 2.04. The fraction of sp³-hybridized carbons (Fsp3) is 0. The molecule has 0 unspecified atom stereocenters. The number of primary amides is 1. The summed E-state index contributed by atoms with van der Waals surface area (Å²) in [4.78, 5) is 21.4. The fourth-order valence-corrected chi connectivity index (χ4v) is 0.985. The number of nitrogens with one attached hydrogen (secondary N) is 2.